The number of nitrogens with one attached hydrogen (secondary N) is 1. The Bertz CT molecular complexity index is 1220. The summed E-state index contributed by atoms with van der Waals surface area (Å²) >= 11 is 7.54. The average molecular weight is 506 g/mol. The molecule has 1 unspecified atom stereocenters. The molecule has 3 aromatic rings. The second kappa shape index (κ2) is 10.1. The van der Waals surface area contributed by atoms with Crippen LogP contribution in [0.1, 0.15) is 39.1 Å². The molecule has 4 rings (SSSR count). The number of thiazole rings is 1. The van der Waals surface area contributed by atoms with E-state index in [4.69, 9.17) is 18.0 Å². The van der Waals surface area contributed by atoms with E-state index in [0.29, 0.717) is 10.6 Å². The number of likely N-dealkylation sites (tertiary alicyclic amines) is 1. The van der Waals surface area contributed by atoms with Crippen LogP contribution in [0.25, 0.3) is 11.4 Å². The first-order valence-corrected chi connectivity index (χ1v) is 11.5. The Morgan fingerprint density at radius 1 is 1.24 bits per heavy atom. The lowest BCUT2D eigenvalue weighted by molar-refractivity contribution is -0.0629. The van der Waals surface area contributed by atoms with Crippen LogP contribution < -0.4 is 5.32 Å². The second-order valence-electron chi connectivity index (χ2n) is 7.75. The van der Waals surface area contributed by atoms with E-state index >= 15 is 0 Å². The highest BCUT2D eigenvalue weighted by Gasteiger charge is 2.37. The summed E-state index contributed by atoms with van der Waals surface area (Å²) < 4.78 is 40.5. The number of hydrogen-bond donors (Lipinski definition) is 1. The Balaban J connectivity index is 1.53. The van der Waals surface area contributed by atoms with Crippen molar-refractivity contribution in [3.8, 4) is 23.7 Å². The Morgan fingerprint density at radius 2 is 1.94 bits per heavy atom. The van der Waals surface area contributed by atoms with Gasteiger partial charge in [-0.15, -0.1) is 17.8 Å². The summed E-state index contributed by atoms with van der Waals surface area (Å²) in [5, 5.41) is 3.53. The number of carbonyl (C=O) groups excluding carboxylic acids is 1. The number of carbonyl (C=O) groups is 1. The van der Waals surface area contributed by atoms with Crippen molar-refractivity contribution in [1.82, 2.24) is 25.2 Å². The molecule has 1 aliphatic rings. The molecule has 0 bridgehead atoms. The number of benzene rings is 1. The maximum Gasteiger partial charge on any atom is 0.252 e. The van der Waals surface area contributed by atoms with Gasteiger partial charge in [-0.2, -0.15) is 0 Å². The summed E-state index contributed by atoms with van der Waals surface area (Å²) in [6.07, 6.45) is 8.59. The van der Waals surface area contributed by atoms with E-state index < -0.39 is 17.6 Å². The molecule has 3 heterocycles. The van der Waals surface area contributed by atoms with Crippen molar-refractivity contribution in [3.63, 3.8) is 0 Å². The fourth-order valence-corrected chi connectivity index (χ4v) is 4.73. The maximum atomic E-state index is 13.7. The second-order valence-corrected chi connectivity index (χ2v) is 9.22. The van der Waals surface area contributed by atoms with Gasteiger partial charge in [-0.1, -0.05) is 11.6 Å². The van der Waals surface area contributed by atoms with Crippen LogP contribution in [0.5, 0.6) is 0 Å². The van der Waals surface area contributed by atoms with Gasteiger partial charge in [-0.3, -0.25) is 9.69 Å². The molecule has 2 aromatic heterocycles. The average Bonchev–Trinajstić information content (AvgIpc) is 3.30. The van der Waals surface area contributed by atoms with Crippen molar-refractivity contribution in [2.45, 2.75) is 24.8 Å². The third kappa shape index (κ3) is 5.55. The molecule has 0 spiro atoms. The predicted molar refractivity (Wildman–Crippen MR) is 123 cm³/mol. The third-order valence-corrected chi connectivity index (χ3v) is 6.85. The Hall–Kier alpha value is -3.00. The minimum absolute atomic E-state index is 0.143. The van der Waals surface area contributed by atoms with Gasteiger partial charge in [0.25, 0.3) is 11.8 Å². The highest BCUT2D eigenvalue weighted by molar-refractivity contribution is 7.12. The minimum Gasteiger partial charge on any atom is -0.350 e. The smallest absolute Gasteiger partial charge is 0.252 e. The first kappa shape index (κ1) is 24.1. The lowest BCUT2D eigenvalue weighted by atomic mass is 10.0. The first-order chi connectivity index (χ1) is 16.3. The molecule has 1 N–H and O–H groups in total. The van der Waals surface area contributed by atoms with Gasteiger partial charge in [0.1, 0.15) is 0 Å². The number of rotatable bonds is 6. The minimum atomic E-state index is -2.70. The quantitative estimate of drug-likeness (QED) is 0.497. The fourth-order valence-electron chi connectivity index (χ4n) is 3.66. The molecule has 176 valence electrons. The van der Waals surface area contributed by atoms with E-state index in [1.54, 1.807) is 12.3 Å². The molecule has 0 aliphatic carbocycles. The third-order valence-electron chi connectivity index (χ3n) is 5.49. The predicted octanol–water partition coefficient (Wildman–Crippen LogP) is 4.58. The summed E-state index contributed by atoms with van der Waals surface area (Å²) in [5.41, 5.74) is 0.676. The van der Waals surface area contributed by atoms with Crippen LogP contribution in [0.3, 0.4) is 0 Å². The molecule has 6 nitrogen and oxygen atoms in total. The van der Waals surface area contributed by atoms with Crippen molar-refractivity contribution < 1.29 is 18.0 Å². The van der Waals surface area contributed by atoms with E-state index in [1.165, 1.54) is 23.5 Å². The number of piperidine rings is 1. The van der Waals surface area contributed by atoms with Crippen LogP contribution in [0.15, 0.2) is 36.8 Å². The zero-order valence-electron chi connectivity index (χ0n) is 17.8. The molecular weight excluding hydrogens is 487 g/mol. The normalized spacial score (nSPS) is 16.6. The molecule has 1 amide bonds. The van der Waals surface area contributed by atoms with Gasteiger partial charge >= 0.3 is 0 Å². The van der Waals surface area contributed by atoms with Crippen molar-refractivity contribution in [2.24, 2.45) is 0 Å². The maximum absolute atomic E-state index is 13.7. The van der Waals surface area contributed by atoms with Crippen LogP contribution >= 0.6 is 22.9 Å². The molecule has 34 heavy (non-hydrogen) atoms. The van der Waals surface area contributed by atoms with Gasteiger partial charge in [0.15, 0.2) is 16.6 Å². The van der Waals surface area contributed by atoms with Gasteiger partial charge in [0, 0.05) is 49.1 Å². The van der Waals surface area contributed by atoms with Crippen molar-refractivity contribution in [3.05, 3.63) is 63.1 Å². The summed E-state index contributed by atoms with van der Waals surface area (Å²) in [5.74, 6) is -1.02. The zero-order valence-corrected chi connectivity index (χ0v) is 19.3. The number of terminal acetylenes is 1. The van der Waals surface area contributed by atoms with Gasteiger partial charge < -0.3 is 5.32 Å². The standard InChI is InChI=1S/C23H19ClF3N5OS/c1-2-20-28-13-19(34-20)18(32-7-5-23(26,27)6-8-32)12-31-22(33)16-9-14(3-4-17(16)24)21-29-10-15(25)11-30-21/h1,3-4,9-11,13,18H,5-8,12H2,(H,31,33). The van der Waals surface area contributed by atoms with Crippen molar-refractivity contribution in [2.75, 3.05) is 19.6 Å². The van der Waals surface area contributed by atoms with Crippen LogP contribution in [-0.2, 0) is 0 Å². The lowest BCUT2D eigenvalue weighted by Crippen LogP contribution is -2.44. The van der Waals surface area contributed by atoms with Crippen LogP contribution in [-0.4, -0.2) is 51.3 Å². The summed E-state index contributed by atoms with van der Waals surface area (Å²) in [7, 11) is 0. The van der Waals surface area contributed by atoms with E-state index in [2.05, 4.69) is 26.2 Å². The van der Waals surface area contributed by atoms with Gasteiger partial charge in [-0.25, -0.2) is 28.1 Å². The highest BCUT2D eigenvalue weighted by atomic mass is 35.5. The van der Waals surface area contributed by atoms with E-state index in [-0.39, 0.29) is 54.9 Å². The zero-order chi connectivity index (χ0) is 24.3. The van der Waals surface area contributed by atoms with Crippen LogP contribution in [0, 0.1) is 18.2 Å². The van der Waals surface area contributed by atoms with Gasteiger partial charge in [-0.05, 0) is 24.1 Å². The van der Waals surface area contributed by atoms with Crippen LogP contribution in [0.2, 0.25) is 5.02 Å². The molecule has 1 saturated heterocycles. The van der Waals surface area contributed by atoms with E-state index in [0.717, 1.165) is 17.3 Å². The van der Waals surface area contributed by atoms with E-state index in [1.807, 2.05) is 4.90 Å². The first-order valence-electron chi connectivity index (χ1n) is 10.4. The number of amides is 1. The number of hydrogen-bond acceptors (Lipinski definition) is 6. The number of nitrogens with zero attached hydrogens (tertiary/aromatic N) is 4. The lowest BCUT2D eigenvalue weighted by Gasteiger charge is -2.37. The molecule has 1 aromatic carbocycles. The molecule has 1 atom stereocenters. The summed E-state index contributed by atoms with van der Waals surface area (Å²) in [4.78, 5) is 27.7. The van der Waals surface area contributed by atoms with Crippen molar-refractivity contribution >= 4 is 28.8 Å². The Labute approximate surface area is 203 Å². The number of alkyl halides is 2. The Morgan fingerprint density at radius 3 is 2.59 bits per heavy atom. The number of halogens is 4. The molecule has 1 fully saturated rings. The largest absolute Gasteiger partial charge is 0.350 e. The highest BCUT2D eigenvalue weighted by Crippen LogP contribution is 2.34. The molecule has 0 radical (unpaired) electrons. The summed E-state index contributed by atoms with van der Waals surface area (Å²) in [6, 6.07) is 4.30. The summed E-state index contributed by atoms with van der Waals surface area (Å²) in [6.45, 7) is 0.494. The topological polar surface area (TPSA) is 71.0 Å². The Kier molecular flexibility index (Phi) is 7.16. The molecular formula is C23H19ClF3N5OS. The van der Waals surface area contributed by atoms with Gasteiger partial charge in [0.05, 0.1) is 29.0 Å². The van der Waals surface area contributed by atoms with E-state index in [9.17, 15) is 18.0 Å². The monoisotopic (exact) mass is 505 g/mol. The molecule has 1 aliphatic heterocycles. The van der Waals surface area contributed by atoms with Gasteiger partial charge in [0.2, 0.25) is 0 Å². The molecule has 0 saturated carbocycles. The molecule has 11 heteroatoms. The van der Waals surface area contributed by atoms with Crippen LogP contribution in [0.4, 0.5) is 13.2 Å². The number of aromatic nitrogens is 3. The fraction of sp³-hybridized carbons (Fsp3) is 0.304. The van der Waals surface area contributed by atoms with Crippen molar-refractivity contribution in [1.29, 1.82) is 0 Å². The SMILES string of the molecule is C#Cc1ncc(C(CNC(=O)c2cc(-c3ncc(F)cn3)ccc2Cl)N2CCC(F)(F)CC2)s1.